The number of nitrogens with one attached hydrogen (secondary N) is 1. The quantitative estimate of drug-likeness (QED) is 0.196. The molecule has 0 aromatic heterocycles. The fraction of sp³-hybridized carbons (Fsp3) is 0.212. The van der Waals surface area contributed by atoms with Crippen LogP contribution in [0.15, 0.2) is 103 Å². The van der Waals surface area contributed by atoms with E-state index in [2.05, 4.69) is 5.32 Å². The summed E-state index contributed by atoms with van der Waals surface area (Å²) in [5.74, 6) is -2.28. The number of aliphatic hydroxyl groups is 1. The summed E-state index contributed by atoms with van der Waals surface area (Å²) < 4.78 is 32.5. The second-order valence-electron chi connectivity index (χ2n) is 10.2. The first-order chi connectivity index (χ1) is 20.3. The number of ether oxygens (including phenoxy) is 1. The molecule has 4 atom stereocenters. The molecule has 3 N–H and O–H groups in total. The highest BCUT2D eigenvalue weighted by Crippen LogP contribution is 2.38. The Kier molecular flexibility index (Phi) is 8.78. The zero-order valence-corrected chi connectivity index (χ0v) is 22.6. The SMILES string of the molecule is O=C1OC[C@@H](c2ccccc2)N1C(=O)[C@@H](CC[C@H](O)c1ccc(F)cc1)[C@@H](Nc1ccc(F)cc1)c1ccc(O)cc1. The maximum Gasteiger partial charge on any atom is 0.417 e. The van der Waals surface area contributed by atoms with Crippen LogP contribution >= 0.6 is 0 Å². The number of amides is 2. The maximum atomic E-state index is 14.4. The molecule has 4 aromatic rings. The summed E-state index contributed by atoms with van der Waals surface area (Å²) in [5, 5.41) is 24.2. The van der Waals surface area contributed by atoms with Crippen LogP contribution in [0, 0.1) is 17.6 Å². The third-order valence-corrected chi connectivity index (χ3v) is 7.44. The van der Waals surface area contributed by atoms with Gasteiger partial charge in [0.2, 0.25) is 5.91 Å². The number of rotatable bonds is 10. The minimum absolute atomic E-state index is 0.00518. The van der Waals surface area contributed by atoms with Crippen LogP contribution in [0.4, 0.5) is 19.3 Å². The molecule has 0 radical (unpaired) electrons. The van der Waals surface area contributed by atoms with Crippen molar-refractivity contribution in [3.8, 4) is 5.75 Å². The van der Waals surface area contributed by atoms with Crippen molar-refractivity contribution in [1.82, 2.24) is 4.90 Å². The van der Waals surface area contributed by atoms with E-state index in [4.69, 9.17) is 4.74 Å². The number of cyclic esters (lactones) is 1. The Bertz CT molecular complexity index is 1500. The van der Waals surface area contributed by atoms with Gasteiger partial charge in [0.1, 0.15) is 30.0 Å². The van der Waals surface area contributed by atoms with Crippen molar-refractivity contribution in [3.63, 3.8) is 0 Å². The number of carbonyl (C=O) groups is 2. The second-order valence-corrected chi connectivity index (χ2v) is 10.2. The largest absolute Gasteiger partial charge is 0.508 e. The molecule has 1 saturated heterocycles. The van der Waals surface area contributed by atoms with E-state index in [0.29, 0.717) is 16.8 Å². The Balaban J connectivity index is 1.53. The lowest BCUT2D eigenvalue weighted by atomic mass is 9.85. The van der Waals surface area contributed by atoms with Gasteiger partial charge in [-0.1, -0.05) is 54.6 Å². The second kappa shape index (κ2) is 12.8. The number of imide groups is 1. The third kappa shape index (κ3) is 6.58. The van der Waals surface area contributed by atoms with Crippen molar-refractivity contribution in [1.29, 1.82) is 0 Å². The fourth-order valence-electron chi connectivity index (χ4n) is 5.21. The van der Waals surface area contributed by atoms with Crippen LogP contribution in [0.1, 0.15) is 47.7 Å². The lowest BCUT2D eigenvalue weighted by Crippen LogP contribution is -2.42. The highest BCUT2D eigenvalue weighted by molar-refractivity contribution is 5.95. The predicted molar refractivity (Wildman–Crippen MR) is 152 cm³/mol. The number of hydrogen-bond donors (Lipinski definition) is 3. The van der Waals surface area contributed by atoms with Gasteiger partial charge in [0.15, 0.2) is 0 Å². The number of phenols is 1. The molecular weight excluding hydrogens is 542 g/mol. The monoisotopic (exact) mass is 572 g/mol. The molecule has 42 heavy (non-hydrogen) atoms. The van der Waals surface area contributed by atoms with Gasteiger partial charge in [0.05, 0.1) is 18.1 Å². The first-order valence-corrected chi connectivity index (χ1v) is 13.6. The van der Waals surface area contributed by atoms with Crippen molar-refractivity contribution in [2.45, 2.75) is 31.0 Å². The molecule has 0 aliphatic carbocycles. The summed E-state index contributed by atoms with van der Waals surface area (Å²) in [6.45, 7) is -0.00518. The maximum absolute atomic E-state index is 14.4. The van der Waals surface area contributed by atoms with E-state index in [1.54, 1.807) is 12.1 Å². The van der Waals surface area contributed by atoms with Crippen LogP contribution in [-0.4, -0.2) is 33.7 Å². The molecule has 216 valence electrons. The molecule has 0 saturated carbocycles. The molecule has 5 rings (SSSR count). The van der Waals surface area contributed by atoms with Gasteiger partial charge in [-0.15, -0.1) is 0 Å². The summed E-state index contributed by atoms with van der Waals surface area (Å²) in [5.41, 5.74) is 2.36. The number of anilines is 1. The molecule has 0 spiro atoms. The van der Waals surface area contributed by atoms with Gasteiger partial charge in [-0.05, 0) is 78.1 Å². The summed E-state index contributed by atoms with van der Waals surface area (Å²) >= 11 is 0. The predicted octanol–water partition coefficient (Wildman–Crippen LogP) is 6.67. The number of aromatic hydroxyl groups is 1. The number of nitrogens with zero attached hydrogens (tertiary/aromatic N) is 1. The Morgan fingerprint density at radius 1 is 0.857 bits per heavy atom. The first-order valence-electron chi connectivity index (χ1n) is 13.6. The molecule has 0 unspecified atom stereocenters. The van der Waals surface area contributed by atoms with Crippen molar-refractivity contribution >= 4 is 17.7 Å². The number of benzene rings is 4. The minimum atomic E-state index is -1.01. The zero-order chi connectivity index (χ0) is 29.6. The van der Waals surface area contributed by atoms with E-state index in [1.807, 2.05) is 30.3 Å². The van der Waals surface area contributed by atoms with Crippen LogP contribution in [0.3, 0.4) is 0 Å². The molecule has 2 amide bonds. The summed E-state index contributed by atoms with van der Waals surface area (Å²) in [7, 11) is 0. The number of aliphatic hydroxyl groups excluding tert-OH is 1. The van der Waals surface area contributed by atoms with E-state index < -0.39 is 47.7 Å². The van der Waals surface area contributed by atoms with E-state index in [9.17, 15) is 28.6 Å². The normalized spacial score (nSPS) is 16.9. The van der Waals surface area contributed by atoms with Crippen molar-refractivity contribution in [2.75, 3.05) is 11.9 Å². The molecule has 9 heteroatoms. The van der Waals surface area contributed by atoms with E-state index >= 15 is 0 Å². The van der Waals surface area contributed by atoms with Crippen LogP contribution in [0.5, 0.6) is 5.75 Å². The highest BCUT2D eigenvalue weighted by Gasteiger charge is 2.44. The first kappa shape index (κ1) is 28.8. The van der Waals surface area contributed by atoms with Crippen LogP contribution in [0.25, 0.3) is 0 Å². The average molecular weight is 573 g/mol. The standard InChI is InChI=1S/C33H30F2N2O5/c34-24-10-6-22(7-11-24)30(39)19-18-28(32(40)37-29(20-42-33(37)41)21-4-2-1-3-5-21)31(23-8-16-27(38)17-9-23)36-26-14-12-25(35)13-15-26/h1-17,28-31,36,38-39H,18-20H2/t28-,29-,30-,31-/m0/s1. The van der Waals surface area contributed by atoms with Gasteiger partial charge in [-0.3, -0.25) is 4.79 Å². The molecule has 0 bridgehead atoms. The van der Waals surface area contributed by atoms with Crippen LogP contribution in [-0.2, 0) is 9.53 Å². The van der Waals surface area contributed by atoms with Crippen molar-refractivity contribution in [3.05, 3.63) is 131 Å². The zero-order valence-electron chi connectivity index (χ0n) is 22.6. The van der Waals surface area contributed by atoms with Gasteiger partial charge in [-0.25, -0.2) is 18.5 Å². The summed E-state index contributed by atoms with van der Waals surface area (Å²) in [6.07, 6.45) is -1.56. The lowest BCUT2D eigenvalue weighted by Gasteiger charge is -2.32. The van der Waals surface area contributed by atoms with Crippen LogP contribution < -0.4 is 5.32 Å². The topological polar surface area (TPSA) is 99.1 Å². The minimum Gasteiger partial charge on any atom is -0.508 e. The molecule has 1 heterocycles. The van der Waals surface area contributed by atoms with E-state index in [-0.39, 0.29) is 25.2 Å². The van der Waals surface area contributed by atoms with E-state index in [1.165, 1.54) is 60.7 Å². The van der Waals surface area contributed by atoms with Gasteiger partial charge < -0.3 is 20.3 Å². The highest BCUT2D eigenvalue weighted by atomic mass is 19.1. The lowest BCUT2D eigenvalue weighted by molar-refractivity contribution is -0.134. The van der Waals surface area contributed by atoms with Gasteiger partial charge in [0, 0.05) is 5.69 Å². The third-order valence-electron chi connectivity index (χ3n) is 7.44. The van der Waals surface area contributed by atoms with E-state index in [0.717, 1.165) is 10.5 Å². The average Bonchev–Trinajstić information content (AvgIpc) is 3.40. The summed E-state index contributed by atoms with van der Waals surface area (Å²) in [6, 6.07) is 25.1. The molecule has 1 fully saturated rings. The molecular formula is C33H30F2N2O5. The smallest absolute Gasteiger partial charge is 0.417 e. The van der Waals surface area contributed by atoms with Gasteiger partial charge in [0.25, 0.3) is 0 Å². The Morgan fingerprint density at radius 2 is 1.45 bits per heavy atom. The Morgan fingerprint density at radius 3 is 2.10 bits per heavy atom. The van der Waals surface area contributed by atoms with Gasteiger partial charge in [-0.2, -0.15) is 0 Å². The van der Waals surface area contributed by atoms with Gasteiger partial charge >= 0.3 is 6.09 Å². The molecule has 1 aliphatic heterocycles. The molecule has 4 aromatic carbocycles. The number of halogens is 2. The Hall–Kier alpha value is -4.76. The Labute approximate surface area is 242 Å². The number of carbonyl (C=O) groups excluding carboxylic acids is 2. The van der Waals surface area contributed by atoms with Crippen molar-refractivity contribution < 1.29 is 33.3 Å². The van der Waals surface area contributed by atoms with Crippen LogP contribution in [0.2, 0.25) is 0 Å². The molecule has 7 nitrogen and oxygen atoms in total. The number of hydrogen-bond acceptors (Lipinski definition) is 6. The fourth-order valence-corrected chi connectivity index (χ4v) is 5.21. The summed E-state index contributed by atoms with van der Waals surface area (Å²) in [4.78, 5) is 28.5. The van der Waals surface area contributed by atoms with Crippen molar-refractivity contribution in [2.24, 2.45) is 5.92 Å². The molecule has 1 aliphatic rings. The number of phenolic OH excluding ortho intramolecular Hbond substituents is 1.